The number of halogens is 1. The lowest BCUT2D eigenvalue weighted by Crippen LogP contribution is -2.27. The van der Waals surface area contributed by atoms with Gasteiger partial charge >= 0.3 is 0 Å². The molecule has 0 saturated carbocycles. The van der Waals surface area contributed by atoms with E-state index in [0.717, 1.165) is 11.6 Å². The molecule has 0 radical (unpaired) electrons. The number of carbonyl (C=O) groups excluding carboxylic acids is 1. The average molecular weight is 310 g/mol. The van der Waals surface area contributed by atoms with Crippen molar-refractivity contribution in [2.75, 3.05) is 11.4 Å². The van der Waals surface area contributed by atoms with Gasteiger partial charge in [-0.2, -0.15) is 5.10 Å². The number of aromatic nitrogens is 2. The van der Waals surface area contributed by atoms with E-state index in [1.165, 1.54) is 0 Å². The fourth-order valence-electron chi connectivity index (χ4n) is 2.11. The molecular formula is C12H12BrN3O2. The summed E-state index contributed by atoms with van der Waals surface area (Å²) >= 11 is 3.48. The average Bonchev–Trinajstić information content (AvgIpc) is 3.02. The molecule has 6 heteroatoms. The van der Waals surface area contributed by atoms with E-state index in [-0.39, 0.29) is 10.7 Å². The molecule has 3 rings (SSSR count). The molecule has 0 bridgehead atoms. The Morgan fingerprint density at radius 3 is 3.06 bits per heavy atom. The first-order valence-corrected chi connectivity index (χ1v) is 6.64. The van der Waals surface area contributed by atoms with Gasteiger partial charge in [0, 0.05) is 23.9 Å². The molecule has 94 valence electrons. The fraction of sp³-hybridized carbons (Fsp3) is 0.333. The van der Waals surface area contributed by atoms with Crippen LogP contribution in [-0.4, -0.2) is 27.1 Å². The number of alkyl halides is 1. The molecule has 2 aromatic heterocycles. The third-order valence-electron chi connectivity index (χ3n) is 2.93. The minimum absolute atomic E-state index is 0.123. The van der Waals surface area contributed by atoms with Crippen LogP contribution >= 0.6 is 15.9 Å². The van der Waals surface area contributed by atoms with E-state index in [1.807, 2.05) is 18.2 Å². The van der Waals surface area contributed by atoms with Gasteiger partial charge in [-0.15, -0.1) is 0 Å². The Bertz CT molecular complexity index is 549. The first-order chi connectivity index (χ1) is 8.74. The summed E-state index contributed by atoms with van der Waals surface area (Å²) in [5.41, 5.74) is 0. The van der Waals surface area contributed by atoms with E-state index in [2.05, 4.69) is 21.0 Å². The van der Waals surface area contributed by atoms with E-state index in [9.17, 15) is 4.79 Å². The van der Waals surface area contributed by atoms with Crippen molar-refractivity contribution in [2.24, 2.45) is 0 Å². The molecule has 0 spiro atoms. The SMILES string of the molecule is O=C1CC(Br)CN1c1ccnn1Cc1ccco1. The van der Waals surface area contributed by atoms with Crippen LogP contribution in [0.2, 0.25) is 0 Å². The lowest BCUT2D eigenvalue weighted by atomic mass is 10.4. The lowest BCUT2D eigenvalue weighted by molar-refractivity contribution is -0.117. The quantitative estimate of drug-likeness (QED) is 0.815. The summed E-state index contributed by atoms with van der Waals surface area (Å²) in [6.45, 7) is 1.22. The van der Waals surface area contributed by atoms with Gasteiger partial charge in [0.15, 0.2) is 0 Å². The Morgan fingerprint density at radius 2 is 2.39 bits per heavy atom. The zero-order valence-corrected chi connectivity index (χ0v) is 11.2. The van der Waals surface area contributed by atoms with Crippen molar-refractivity contribution in [1.82, 2.24) is 9.78 Å². The Hall–Kier alpha value is -1.56. The maximum Gasteiger partial charge on any atom is 0.229 e. The smallest absolute Gasteiger partial charge is 0.229 e. The monoisotopic (exact) mass is 309 g/mol. The van der Waals surface area contributed by atoms with Crippen molar-refractivity contribution in [3.8, 4) is 0 Å². The summed E-state index contributed by atoms with van der Waals surface area (Å²) in [4.78, 5) is 13.8. The Kier molecular flexibility index (Phi) is 2.95. The minimum atomic E-state index is 0.123. The normalized spacial score (nSPS) is 19.7. The van der Waals surface area contributed by atoms with Gasteiger partial charge < -0.3 is 4.42 Å². The van der Waals surface area contributed by atoms with Gasteiger partial charge in [-0.25, -0.2) is 4.68 Å². The third-order valence-corrected chi connectivity index (χ3v) is 3.55. The van der Waals surface area contributed by atoms with E-state index < -0.39 is 0 Å². The number of rotatable bonds is 3. The number of nitrogens with zero attached hydrogens (tertiary/aromatic N) is 3. The van der Waals surface area contributed by atoms with Crippen molar-refractivity contribution >= 4 is 27.7 Å². The zero-order chi connectivity index (χ0) is 12.5. The number of amides is 1. The number of carbonyl (C=O) groups is 1. The molecule has 0 aliphatic carbocycles. The maximum absolute atomic E-state index is 11.9. The standard InChI is InChI=1S/C12H12BrN3O2/c13-9-6-12(17)15(7-9)11-3-4-14-16(11)8-10-2-1-5-18-10/h1-5,9H,6-8H2. The molecular weight excluding hydrogens is 298 g/mol. The Morgan fingerprint density at radius 1 is 1.50 bits per heavy atom. The molecule has 3 heterocycles. The van der Waals surface area contributed by atoms with E-state index in [0.29, 0.717) is 19.5 Å². The van der Waals surface area contributed by atoms with Crippen LogP contribution in [0.15, 0.2) is 35.1 Å². The molecule has 1 saturated heterocycles. The van der Waals surface area contributed by atoms with Crippen LogP contribution in [-0.2, 0) is 11.3 Å². The number of hydrogen-bond donors (Lipinski definition) is 0. The maximum atomic E-state index is 11.9. The first-order valence-electron chi connectivity index (χ1n) is 5.72. The Balaban J connectivity index is 1.85. The zero-order valence-electron chi connectivity index (χ0n) is 9.62. The molecule has 5 nitrogen and oxygen atoms in total. The highest BCUT2D eigenvalue weighted by Crippen LogP contribution is 2.25. The predicted molar refractivity (Wildman–Crippen MR) is 69.7 cm³/mol. The molecule has 18 heavy (non-hydrogen) atoms. The second-order valence-corrected chi connectivity index (χ2v) is 5.53. The molecule has 2 aromatic rings. The van der Waals surface area contributed by atoms with Crippen LogP contribution in [0.5, 0.6) is 0 Å². The van der Waals surface area contributed by atoms with Gasteiger partial charge in [0.1, 0.15) is 18.1 Å². The molecule has 1 aliphatic heterocycles. The molecule has 0 N–H and O–H groups in total. The van der Waals surface area contributed by atoms with Crippen LogP contribution in [0.3, 0.4) is 0 Å². The molecule has 1 fully saturated rings. The Labute approximate surface area is 112 Å². The largest absolute Gasteiger partial charge is 0.467 e. The molecule has 1 amide bonds. The second-order valence-electron chi connectivity index (χ2n) is 4.23. The molecule has 0 aromatic carbocycles. The summed E-state index contributed by atoms with van der Waals surface area (Å²) in [6, 6.07) is 5.59. The second kappa shape index (κ2) is 4.61. The summed E-state index contributed by atoms with van der Waals surface area (Å²) in [5, 5.41) is 4.24. The number of anilines is 1. The molecule has 1 unspecified atom stereocenters. The summed E-state index contributed by atoms with van der Waals surface area (Å²) < 4.78 is 7.08. The summed E-state index contributed by atoms with van der Waals surface area (Å²) in [7, 11) is 0. The van der Waals surface area contributed by atoms with Crippen LogP contribution < -0.4 is 4.90 Å². The predicted octanol–water partition coefficient (Wildman–Crippen LogP) is 2.02. The fourth-order valence-corrected chi connectivity index (χ4v) is 2.68. The van der Waals surface area contributed by atoms with Crippen LogP contribution in [0, 0.1) is 0 Å². The van der Waals surface area contributed by atoms with Gasteiger partial charge in [-0.3, -0.25) is 9.69 Å². The van der Waals surface area contributed by atoms with Gasteiger partial charge in [-0.1, -0.05) is 15.9 Å². The van der Waals surface area contributed by atoms with Crippen molar-refractivity contribution in [3.63, 3.8) is 0 Å². The highest BCUT2D eigenvalue weighted by Gasteiger charge is 2.30. The van der Waals surface area contributed by atoms with Crippen molar-refractivity contribution < 1.29 is 9.21 Å². The van der Waals surface area contributed by atoms with Gasteiger partial charge in [0.25, 0.3) is 0 Å². The number of furan rings is 1. The van der Waals surface area contributed by atoms with Gasteiger partial charge in [0.05, 0.1) is 12.5 Å². The van der Waals surface area contributed by atoms with Crippen molar-refractivity contribution in [3.05, 3.63) is 36.4 Å². The van der Waals surface area contributed by atoms with Gasteiger partial charge in [-0.05, 0) is 12.1 Å². The van der Waals surface area contributed by atoms with E-state index >= 15 is 0 Å². The highest BCUT2D eigenvalue weighted by atomic mass is 79.9. The van der Waals surface area contributed by atoms with Crippen LogP contribution in [0.4, 0.5) is 5.82 Å². The topological polar surface area (TPSA) is 51.3 Å². The van der Waals surface area contributed by atoms with E-state index in [1.54, 1.807) is 22.0 Å². The van der Waals surface area contributed by atoms with Crippen LogP contribution in [0.1, 0.15) is 12.2 Å². The molecule has 1 aliphatic rings. The van der Waals surface area contributed by atoms with Crippen molar-refractivity contribution in [1.29, 1.82) is 0 Å². The lowest BCUT2D eigenvalue weighted by Gasteiger charge is -2.16. The number of hydrogen-bond acceptors (Lipinski definition) is 3. The first kappa shape index (κ1) is 11.5. The molecule has 1 atom stereocenters. The third kappa shape index (κ3) is 2.08. The van der Waals surface area contributed by atoms with E-state index in [4.69, 9.17) is 4.42 Å². The minimum Gasteiger partial charge on any atom is -0.467 e. The van der Waals surface area contributed by atoms with Crippen LogP contribution in [0.25, 0.3) is 0 Å². The van der Waals surface area contributed by atoms with Gasteiger partial charge in [0.2, 0.25) is 5.91 Å². The van der Waals surface area contributed by atoms with Crippen molar-refractivity contribution in [2.45, 2.75) is 17.8 Å². The summed E-state index contributed by atoms with van der Waals surface area (Å²) in [5.74, 6) is 1.76. The summed E-state index contributed by atoms with van der Waals surface area (Å²) in [6.07, 6.45) is 3.87. The highest BCUT2D eigenvalue weighted by molar-refractivity contribution is 9.09.